The molecule has 0 spiro atoms. The van der Waals surface area contributed by atoms with Gasteiger partial charge < -0.3 is 4.74 Å². The van der Waals surface area contributed by atoms with Crippen molar-refractivity contribution in [2.45, 2.75) is 18.7 Å². The lowest BCUT2D eigenvalue weighted by atomic mass is 9.96. The van der Waals surface area contributed by atoms with Gasteiger partial charge in [0.15, 0.2) is 9.84 Å². The number of carbonyl (C=O) groups is 1. The summed E-state index contributed by atoms with van der Waals surface area (Å²) in [4.78, 5) is 15.6. The van der Waals surface area contributed by atoms with Crippen molar-refractivity contribution in [1.29, 1.82) is 0 Å². The third kappa shape index (κ3) is 4.91. The first-order valence-electron chi connectivity index (χ1n) is 7.21. The fraction of sp³-hybridized carbons (Fsp3) is 0.250. The molecule has 0 unspecified atom stereocenters. The van der Waals surface area contributed by atoms with E-state index >= 15 is 0 Å². The lowest BCUT2D eigenvalue weighted by Gasteiger charge is -2.21. The fourth-order valence-electron chi connectivity index (χ4n) is 2.03. The molecule has 0 aliphatic heterocycles. The van der Waals surface area contributed by atoms with Crippen LogP contribution in [0.4, 0.5) is 0 Å². The number of rotatable bonds is 6. The van der Waals surface area contributed by atoms with E-state index in [4.69, 9.17) is 21.5 Å². The minimum Gasteiger partial charge on any atom is -0.439 e. The highest BCUT2D eigenvalue weighted by atomic mass is 35.5. The summed E-state index contributed by atoms with van der Waals surface area (Å²) >= 11 is 5.74. The molecule has 1 aromatic heterocycles. The summed E-state index contributed by atoms with van der Waals surface area (Å²) in [7, 11) is -3.73. The molecule has 2 aromatic rings. The van der Waals surface area contributed by atoms with Gasteiger partial charge >= 0.3 is 0 Å². The van der Waals surface area contributed by atoms with E-state index < -0.39 is 26.9 Å². The maximum atomic E-state index is 12.4. The van der Waals surface area contributed by atoms with Gasteiger partial charge in [0.2, 0.25) is 11.8 Å². The van der Waals surface area contributed by atoms with Gasteiger partial charge in [0.1, 0.15) is 5.75 Å². The number of nitrogens with one attached hydrogen (secondary N) is 1. The Balaban J connectivity index is 2.15. The summed E-state index contributed by atoms with van der Waals surface area (Å²) in [6, 6.07) is 8.95. The monoisotopic (exact) mass is 384 g/mol. The Morgan fingerprint density at radius 1 is 1.24 bits per heavy atom. The van der Waals surface area contributed by atoms with Crippen LogP contribution in [0, 0.1) is 5.41 Å². The largest absolute Gasteiger partial charge is 0.439 e. The zero-order chi connectivity index (χ0) is 18.7. The van der Waals surface area contributed by atoms with Crippen molar-refractivity contribution in [3.63, 3.8) is 0 Å². The summed E-state index contributed by atoms with van der Waals surface area (Å²) in [6.45, 7) is 2.86. The van der Waals surface area contributed by atoms with Crippen molar-refractivity contribution >= 4 is 27.3 Å². The number of benzene rings is 1. The number of nitrogens with zero attached hydrogens (tertiary/aromatic N) is 1. The zero-order valence-corrected chi connectivity index (χ0v) is 15.1. The topological polar surface area (TPSA) is 106 Å². The molecule has 0 aliphatic carbocycles. The number of sulfone groups is 1. The number of hydrogen-bond acceptors (Lipinski definition) is 6. The minimum atomic E-state index is -3.73. The van der Waals surface area contributed by atoms with Crippen LogP contribution < -0.4 is 10.2 Å². The molecule has 0 bridgehead atoms. The number of amides is 1. The SMILES string of the molecule is CC(C)(CS(=O)(=O)c1ccc(Oc2ccc(Cl)cn2)cc1)C(=O)NO. The third-order valence-corrected chi connectivity index (χ3v) is 5.69. The molecule has 1 amide bonds. The zero-order valence-electron chi connectivity index (χ0n) is 13.6. The molecule has 1 aromatic carbocycles. The quantitative estimate of drug-likeness (QED) is 0.586. The van der Waals surface area contributed by atoms with Crippen molar-refractivity contribution in [3.05, 3.63) is 47.6 Å². The minimum absolute atomic E-state index is 0.0442. The lowest BCUT2D eigenvalue weighted by Crippen LogP contribution is -2.40. The van der Waals surface area contributed by atoms with Gasteiger partial charge in [0.25, 0.3) is 0 Å². The van der Waals surface area contributed by atoms with Crippen molar-refractivity contribution in [3.8, 4) is 11.6 Å². The Morgan fingerprint density at radius 3 is 2.40 bits per heavy atom. The van der Waals surface area contributed by atoms with E-state index in [1.165, 1.54) is 49.8 Å². The number of ether oxygens (including phenoxy) is 1. The standard InChI is InChI=1S/C16H17ClN2O5S/c1-16(2,15(20)19-21)10-25(22,23)13-6-4-12(5-7-13)24-14-8-3-11(17)9-18-14/h3-9,21H,10H2,1-2H3,(H,19,20). The number of halogens is 1. The van der Waals surface area contributed by atoms with Crippen LogP contribution in [0.3, 0.4) is 0 Å². The average molecular weight is 385 g/mol. The highest BCUT2D eigenvalue weighted by molar-refractivity contribution is 7.91. The van der Waals surface area contributed by atoms with E-state index in [0.717, 1.165) is 0 Å². The third-order valence-electron chi connectivity index (χ3n) is 3.37. The Bertz CT molecular complexity index is 849. The summed E-state index contributed by atoms with van der Waals surface area (Å²) in [6.07, 6.45) is 1.43. The predicted molar refractivity (Wildman–Crippen MR) is 91.5 cm³/mol. The van der Waals surface area contributed by atoms with Crippen LogP contribution in [-0.4, -0.2) is 30.3 Å². The summed E-state index contributed by atoms with van der Waals surface area (Å²) in [5.74, 6) is -0.502. The fourth-order valence-corrected chi connectivity index (χ4v) is 3.94. The van der Waals surface area contributed by atoms with E-state index in [-0.39, 0.29) is 4.90 Å². The van der Waals surface area contributed by atoms with Gasteiger partial charge in [-0.2, -0.15) is 0 Å². The maximum Gasteiger partial charge on any atom is 0.250 e. The molecule has 2 N–H and O–H groups in total. The number of pyridine rings is 1. The van der Waals surface area contributed by atoms with Crippen molar-refractivity contribution in [2.75, 3.05) is 5.75 Å². The highest BCUT2D eigenvalue weighted by Crippen LogP contribution is 2.26. The first-order valence-corrected chi connectivity index (χ1v) is 9.24. The van der Waals surface area contributed by atoms with E-state index in [0.29, 0.717) is 16.7 Å². The molecule has 0 saturated carbocycles. The van der Waals surface area contributed by atoms with Gasteiger partial charge in [-0.05, 0) is 44.2 Å². The Labute approximate surface area is 150 Å². The van der Waals surface area contributed by atoms with Crippen LogP contribution in [-0.2, 0) is 14.6 Å². The molecule has 134 valence electrons. The van der Waals surface area contributed by atoms with E-state index in [1.54, 1.807) is 12.1 Å². The Hall–Kier alpha value is -2.16. The van der Waals surface area contributed by atoms with Crippen LogP contribution in [0.25, 0.3) is 0 Å². The molecule has 9 heteroatoms. The number of hydrogen-bond donors (Lipinski definition) is 2. The van der Waals surface area contributed by atoms with E-state index in [2.05, 4.69) is 4.98 Å². The van der Waals surface area contributed by atoms with Crippen LogP contribution in [0.1, 0.15) is 13.8 Å². The predicted octanol–water partition coefficient (Wildman–Crippen LogP) is 2.83. The second-order valence-electron chi connectivity index (χ2n) is 5.97. The molecule has 0 radical (unpaired) electrons. The average Bonchev–Trinajstić information content (AvgIpc) is 2.55. The second kappa shape index (κ2) is 7.38. The van der Waals surface area contributed by atoms with Gasteiger partial charge in [0, 0.05) is 12.3 Å². The molecular formula is C16H17ClN2O5S. The maximum absolute atomic E-state index is 12.4. The normalized spacial score (nSPS) is 11.8. The Morgan fingerprint density at radius 2 is 1.88 bits per heavy atom. The molecular weight excluding hydrogens is 368 g/mol. The summed E-state index contributed by atoms with van der Waals surface area (Å²) in [5, 5.41) is 9.18. The van der Waals surface area contributed by atoms with Gasteiger partial charge in [-0.3, -0.25) is 10.0 Å². The number of carbonyl (C=O) groups excluding carboxylic acids is 1. The van der Waals surface area contributed by atoms with Crippen LogP contribution in [0.15, 0.2) is 47.5 Å². The van der Waals surface area contributed by atoms with E-state index in [1.807, 2.05) is 0 Å². The second-order valence-corrected chi connectivity index (χ2v) is 8.40. The highest BCUT2D eigenvalue weighted by Gasteiger charge is 2.34. The summed E-state index contributed by atoms with van der Waals surface area (Å²) < 4.78 is 30.4. The van der Waals surface area contributed by atoms with Crippen LogP contribution in [0.5, 0.6) is 11.6 Å². The number of hydroxylamine groups is 1. The Kier molecular flexibility index (Phi) is 5.66. The van der Waals surface area contributed by atoms with Crippen molar-refractivity contribution < 1.29 is 23.2 Å². The van der Waals surface area contributed by atoms with Crippen LogP contribution in [0.2, 0.25) is 5.02 Å². The van der Waals surface area contributed by atoms with Crippen molar-refractivity contribution in [1.82, 2.24) is 10.5 Å². The molecule has 7 nitrogen and oxygen atoms in total. The number of aromatic nitrogens is 1. The summed E-state index contributed by atoms with van der Waals surface area (Å²) in [5.41, 5.74) is 0.198. The molecule has 2 rings (SSSR count). The molecule has 0 aliphatic rings. The molecule has 0 atom stereocenters. The van der Waals surface area contributed by atoms with Gasteiger partial charge in [0.05, 0.1) is 21.1 Å². The van der Waals surface area contributed by atoms with Gasteiger partial charge in [-0.25, -0.2) is 18.9 Å². The van der Waals surface area contributed by atoms with Gasteiger partial charge in [-0.15, -0.1) is 0 Å². The molecule has 0 saturated heterocycles. The van der Waals surface area contributed by atoms with E-state index in [9.17, 15) is 13.2 Å². The van der Waals surface area contributed by atoms with Crippen molar-refractivity contribution in [2.24, 2.45) is 5.41 Å². The van der Waals surface area contributed by atoms with Gasteiger partial charge in [-0.1, -0.05) is 11.6 Å². The first-order chi connectivity index (χ1) is 11.6. The first kappa shape index (κ1) is 19.2. The van der Waals surface area contributed by atoms with Crippen LogP contribution >= 0.6 is 11.6 Å². The smallest absolute Gasteiger partial charge is 0.250 e. The molecule has 25 heavy (non-hydrogen) atoms. The molecule has 0 fully saturated rings. The molecule has 1 heterocycles. The lowest BCUT2D eigenvalue weighted by molar-refractivity contribution is -0.136.